The zero-order valence-electron chi connectivity index (χ0n) is 10.3. The highest BCUT2D eigenvalue weighted by molar-refractivity contribution is 5.80. The number of nitrogens with two attached hydrogens (primary N) is 1. The first-order chi connectivity index (χ1) is 8.12. The van der Waals surface area contributed by atoms with Gasteiger partial charge < -0.3 is 21.6 Å². The smallest absolute Gasteiger partial charge is 0.233 e. The number of amidine groups is 1. The molecular weight excluding hydrogens is 220 g/mol. The van der Waals surface area contributed by atoms with E-state index in [1.165, 1.54) is 0 Å². The van der Waals surface area contributed by atoms with E-state index < -0.39 is 0 Å². The van der Waals surface area contributed by atoms with Gasteiger partial charge in [0.05, 0.1) is 6.54 Å². The lowest BCUT2D eigenvalue weighted by atomic mass is 10.0. The van der Waals surface area contributed by atoms with Crippen LogP contribution in [0.5, 0.6) is 0 Å². The van der Waals surface area contributed by atoms with E-state index in [9.17, 15) is 4.79 Å². The van der Waals surface area contributed by atoms with Crippen molar-refractivity contribution in [2.75, 3.05) is 19.6 Å². The minimum atomic E-state index is 0.0199. The van der Waals surface area contributed by atoms with Crippen molar-refractivity contribution in [3.05, 3.63) is 0 Å². The Bertz CT molecular complexity index is 287. The van der Waals surface area contributed by atoms with Crippen molar-refractivity contribution in [3.63, 3.8) is 0 Å². The van der Waals surface area contributed by atoms with E-state index in [1.807, 2.05) is 6.92 Å². The molecule has 0 aromatic rings. The molecule has 0 saturated heterocycles. The third-order valence-electron chi connectivity index (χ3n) is 3.00. The molecule has 0 aliphatic heterocycles. The van der Waals surface area contributed by atoms with Crippen LogP contribution in [-0.2, 0) is 4.79 Å². The van der Waals surface area contributed by atoms with Crippen LogP contribution in [0.1, 0.15) is 32.6 Å². The highest BCUT2D eigenvalue weighted by Gasteiger charge is 2.42. The maximum absolute atomic E-state index is 11.3. The molecule has 0 aromatic heterocycles. The van der Waals surface area contributed by atoms with E-state index in [2.05, 4.69) is 15.8 Å². The van der Waals surface area contributed by atoms with Crippen LogP contribution < -0.4 is 16.4 Å². The first-order valence-corrected chi connectivity index (χ1v) is 6.06. The third kappa shape index (κ3) is 5.04. The van der Waals surface area contributed by atoms with Crippen LogP contribution in [-0.4, -0.2) is 36.6 Å². The number of nitrogens with zero attached hydrogens (tertiary/aromatic N) is 1. The Labute approximate surface area is 102 Å². The highest BCUT2D eigenvalue weighted by Crippen LogP contribution is 2.48. The van der Waals surface area contributed by atoms with Gasteiger partial charge >= 0.3 is 0 Å². The summed E-state index contributed by atoms with van der Waals surface area (Å²) in [6.45, 7) is 3.81. The Morgan fingerprint density at radius 3 is 2.76 bits per heavy atom. The molecule has 1 aliphatic carbocycles. The van der Waals surface area contributed by atoms with Gasteiger partial charge in [-0.2, -0.15) is 0 Å². The molecule has 1 saturated carbocycles. The second-order valence-corrected chi connectivity index (χ2v) is 4.72. The standard InChI is InChI=1S/C11H22N4O2/c1-2-5-14-10(16)7-13-8-11(3-4-11)6-9(12)15-17/h13,17H,2-8H2,1H3,(H2,12,15)(H,14,16). The molecular formula is C11H22N4O2. The van der Waals surface area contributed by atoms with Gasteiger partial charge in [0.1, 0.15) is 5.84 Å². The zero-order valence-corrected chi connectivity index (χ0v) is 10.3. The van der Waals surface area contributed by atoms with Gasteiger partial charge in [-0.15, -0.1) is 0 Å². The Morgan fingerprint density at radius 1 is 1.53 bits per heavy atom. The molecule has 0 heterocycles. The molecule has 0 bridgehead atoms. The van der Waals surface area contributed by atoms with Crippen molar-refractivity contribution in [2.24, 2.45) is 16.3 Å². The average Bonchev–Trinajstić information content (AvgIpc) is 3.06. The number of oxime groups is 1. The van der Waals surface area contributed by atoms with Crippen LogP contribution in [0.3, 0.4) is 0 Å². The summed E-state index contributed by atoms with van der Waals surface area (Å²) in [5.74, 6) is 0.284. The van der Waals surface area contributed by atoms with E-state index in [4.69, 9.17) is 10.9 Å². The van der Waals surface area contributed by atoms with E-state index in [1.54, 1.807) is 0 Å². The number of hydrogen-bond acceptors (Lipinski definition) is 4. The van der Waals surface area contributed by atoms with Crippen molar-refractivity contribution in [2.45, 2.75) is 32.6 Å². The van der Waals surface area contributed by atoms with E-state index in [-0.39, 0.29) is 17.2 Å². The molecule has 1 aliphatic rings. The molecule has 6 heteroatoms. The van der Waals surface area contributed by atoms with Crippen LogP contribution in [0.25, 0.3) is 0 Å². The lowest BCUT2D eigenvalue weighted by Gasteiger charge is -2.14. The lowest BCUT2D eigenvalue weighted by molar-refractivity contribution is -0.120. The summed E-state index contributed by atoms with van der Waals surface area (Å²) >= 11 is 0. The number of nitrogens with one attached hydrogen (secondary N) is 2. The van der Waals surface area contributed by atoms with Crippen molar-refractivity contribution >= 4 is 11.7 Å². The molecule has 0 unspecified atom stereocenters. The van der Waals surface area contributed by atoms with Crippen molar-refractivity contribution in [1.29, 1.82) is 0 Å². The normalized spacial score (nSPS) is 17.8. The molecule has 1 amide bonds. The first-order valence-electron chi connectivity index (χ1n) is 6.06. The SMILES string of the molecule is CCCNC(=O)CNCC1(CC(N)=NO)CC1. The summed E-state index contributed by atoms with van der Waals surface area (Å²) in [6.07, 6.45) is 3.66. The van der Waals surface area contributed by atoms with Gasteiger partial charge in [0.15, 0.2) is 0 Å². The molecule has 98 valence electrons. The van der Waals surface area contributed by atoms with E-state index in [0.717, 1.165) is 32.4 Å². The molecule has 0 spiro atoms. The number of carbonyl (C=O) groups excluding carboxylic acids is 1. The van der Waals surface area contributed by atoms with E-state index >= 15 is 0 Å². The monoisotopic (exact) mass is 242 g/mol. The van der Waals surface area contributed by atoms with Crippen LogP contribution in [0, 0.1) is 5.41 Å². The first kappa shape index (κ1) is 13.8. The van der Waals surface area contributed by atoms with Gasteiger partial charge in [0.25, 0.3) is 0 Å². The molecule has 0 atom stereocenters. The van der Waals surface area contributed by atoms with Gasteiger partial charge in [-0.25, -0.2) is 0 Å². The summed E-state index contributed by atoms with van der Waals surface area (Å²) in [5.41, 5.74) is 5.59. The molecule has 1 rings (SSSR count). The molecule has 5 N–H and O–H groups in total. The minimum Gasteiger partial charge on any atom is -0.409 e. The quantitative estimate of drug-likeness (QED) is 0.209. The van der Waals surface area contributed by atoms with Gasteiger partial charge in [-0.1, -0.05) is 12.1 Å². The maximum atomic E-state index is 11.3. The summed E-state index contributed by atoms with van der Waals surface area (Å²) in [5, 5.41) is 17.4. The van der Waals surface area contributed by atoms with Crippen LogP contribution in [0.4, 0.5) is 0 Å². The number of rotatable bonds is 8. The van der Waals surface area contributed by atoms with Crippen LogP contribution in [0.15, 0.2) is 5.16 Å². The number of hydrogen-bond donors (Lipinski definition) is 4. The van der Waals surface area contributed by atoms with Gasteiger partial charge in [-0.05, 0) is 24.7 Å². The lowest BCUT2D eigenvalue weighted by Crippen LogP contribution is -2.37. The van der Waals surface area contributed by atoms with Gasteiger partial charge in [0, 0.05) is 19.5 Å². The topological polar surface area (TPSA) is 99.7 Å². The second kappa shape index (κ2) is 6.44. The number of amides is 1. The van der Waals surface area contributed by atoms with Crippen molar-refractivity contribution in [1.82, 2.24) is 10.6 Å². The van der Waals surface area contributed by atoms with E-state index in [0.29, 0.717) is 13.0 Å². The molecule has 0 radical (unpaired) electrons. The predicted molar refractivity (Wildman–Crippen MR) is 65.9 cm³/mol. The highest BCUT2D eigenvalue weighted by atomic mass is 16.4. The van der Waals surface area contributed by atoms with Crippen molar-refractivity contribution in [3.8, 4) is 0 Å². The summed E-state index contributed by atoms with van der Waals surface area (Å²) < 4.78 is 0. The Kier molecular flexibility index (Phi) is 5.21. The Morgan fingerprint density at radius 2 is 2.24 bits per heavy atom. The van der Waals surface area contributed by atoms with Gasteiger partial charge in [-0.3, -0.25) is 4.79 Å². The average molecular weight is 242 g/mol. The zero-order chi connectivity index (χ0) is 12.7. The Hall–Kier alpha value is -1.30. The van der Waals surface area contributed by atoms with Crippen LogP contribution >= 0.6 is 0 Å². The second-order valence-electron chi connectivity index (χ2n) is 4.72. The molecule has 0 aromatic carbocycles. The molecule has 1 fully saturated rings. The molecule has 17 heavy (non-hydrogen) atoms. The Balaban J connectivity index is 2.16. The fraction of sp³-hybridized carbons (Fsp3) is 0.818. The van der Waals surface area contributed by atoms with Gasteiger partial charge in [0.2, 0.25) is 5.91 Å². The summed E-state index contributed by atoms with van der Waals surface area (Å²) in [6, 6.07) is 0. The summed E-state index contributed by atoms with van der Waals surface area (Å²) in [7, 11) is 0. The largest absolute Gasteiger partial charge is 0.409 e. The number of carbonyl (C=O) groups is 1. The fourth-order valence-corrected chi connectivity index (χ4v) is 1.78. The van der Waals surface area contributed by atoms with Crippen molar-refractivity contribution < 1.29 is 10.0 Å². The van der Waals surface area contributed by atoms with Crippen LogP contribution in [0.2, 0.25) is 0 Å². The fourth-order valence-electron chi connectivity index (χ4n) is 1.78. The maximum Gasteiger partial charge on any atom is 0.233 e. The predicted octanol–water partition coefficient (Wildman–Crippen LogP) is 0.0189. The minimum absolute atomic E-state index is 0.0199. The third-order valence-corrected chi connectivity index (χ3v) is 3.00. The summed E-state index contributed by atoms with van der Waals surface area (Å²) in [4.78, 5) is 11.3. The molecule has 6 nitrogen and oxygen atoms in total.